The van der Waals surface area contributed by atoms with Gasteiger partial charge in [-0.2, -0.15) is 4.98 Å². The number of rotatable bonds is 6. The summed E-state index contributed by atoms with van der Waals surface area (Å²) in [7, 11) is 1.68. The number of amides is 1. The van der Waals surface area contributed by atoms with E-state index in [2.05, 4.69) is 15.1 Å². The molecule has 156 valence electrons. The van der Waals surface area contributed by atoms with Gasteiger partial charge in [-0.25, -0.2) is 4.98 Å². The molecule has 0 radical (unpaired) electrons. The number of aromatic nitrogens is 4. The van der Waals surface area contributed by atoms with Gasteiger partial charge in [0.15, 0.2) is 5.82 Å². The van der Waals surface area contributed by atoms with Crippen molar-refractivity contribution >= 4 is 5.91 Å². The predicted molar refractivity (Wildman–Crippen MR) is 102 cm³/mol. The number of hydrogen-bond donors (Lipinski definition) is 0. The number of hydrogen-bond acceptors (Lipinski definition) is 8. The van der Waals surface area contributed by atoms with Crippen LogP contribution in [0, 0.1) is 0 Å². The fraction of sp³-hybridized carbons (Fsp3) is 0.650. The van der Waals surface area contributed by atoms with Gasteiger partial charge in [0.25, 0.3) is 5.91 Å². The molecule has 2 saturated heterocycles. The van der Waals surface area contributed by atoms with E-state index in [1.54, 1.807) is 13.3 Å². The van der Waals surface area contributed by atoms with Crippen LogP contribution in [0.5, 0.6) is 0 Å². The van der Waals surface area contributed by atoms with E-state index >= 15 is 0 Å². The molecule has 2 aliphatic rings. The molecule has 1 atom stereocenters. The van der Waals surface area contributed by atoms with Crippen LogP contribution in [-0.2, 0) is 14.9 Å². The minimum Gasteiger partial charge on any atom is -0.385 e. The Bertz CT molecular complexity index is 808. The number of ether oxygens (including phenoxy) is 2. The molecule has 0 aliphatic carbocycles. The van der Waals surface area contributed by atoms with E-state index in [9.17, 15) is 4.79 Å². The third-order valence-electron chi connectivity index (χ3n) is 5.92. The van der Waals surface area contributed by atoms with Crippen LogP contribution in [0.3, 0.4) is 0 Å². The molecule has 4 heterocycles. The summed E-state index contributed by atoms with van der Waals surface area (Å²) in [6.07, 6.45) is 8.85. The van der Waals surface area contributed by atoms with Crippen LogP contribution >= 0.6 is 0 Å². The lowest BCUT2D eigenvalue weighted by atomic mass is 9.76. The maximum absolute atomic E-state index is 13.0. The van der Waals surface area contributed by atoms with Crippen molar-refractivity contribution in [2.24, 2.45) is 0 Å². The molecule has 9 heteroatoms. The first kappa shape index (κ1) is 19.9. The van der Waals surface area contributed by atoms with E-state index in [0.29, 0.717) is 37.1 Å². The summed E-state index contributed by atoms with van der Waals surface area (Å²) in [5.41, 5.74) is -0.0370. The lowest BCUT2D eigenvalue weighted by Crippen LogP contribution is -2.49. The molecule has 1 unspecified atom stereocenters. The van der Waals surface area contributed by atoms with Crippen molar-refractivity contribution in [1.82, 2.24) is 25.0 Å². The van der Waals surface area contributed by atoms with Gasteiger partial charge < -0.3 is 18.9 Å². The number of nitrogens with zero attached hydrogens (tertiary/aromatic N) is 5. The Hall–Kier alpha value is -2.39. The average molecular weight is 401 g/mol. The van der Waals surface area contributed by atoms with E-state index in [0.717, 1.165) is 45.3 Å². The topological polar surface area (TPSA) is 103 Å². The molecule has 0 bridgehead atoms. The average Bonchev–Trinajstić information content (AvgIpc) is 3.30. The monoisotopic (exact) mass is 401 g/mol. The summed E-state index contributed by atoms with van der Waals surface area (Å²) in [6, 6.07) is 0. The van der Waals surface area contributed by atoms with Crippen LogP contribution in [0.25, 0.3) is 0 Å². The van der Waals surface area contributed by atoms with E-state index in [1.807, 2.05) is 4.90 Å². The van der Waals surface area contributed by atoms with Gasteiger partial charge in [0, 0.05) is 58.3 Å². The third kappa shape index (κ3) is 4.30. The molecule has 9 nitrogen and oxygen atoms in total. The Labute approximate surface area is 169 Å². The summed E-state index contributed by atoms with van der Waals surface area (Å²) < 4.78 is 16.5. The van der Waals surface area contributed by atoms with E-state index in [4.69, 9.17) is 19.0 Å². The third-order valence-corrected chi connectivity index (χ3v) is 5.92. The zero-order chi connectivity index (χ0) is 20.1. The molecule has 1 amide bonds. The van der Waals surface area contributed by atoms with Gasteiger partial charge >= 0.3 is 0 Å². The minimum atomic E-state index is -0.390. The zero-order valence-corrected chi connectivity index (χ0v) is 16.7. The molecular weight excluding hydrogens is 374 g/mol. The van der Waals surface area contributed by atoms with Crippen molar-refractivity contribution in [3.63, 3.8) is 0 Å². The highest BCUT2D eigenvalue weighted by Crippen LogP contribution is 2.37. The van der Waals surface area contributed by atoms with Crippen molar-refractivity contribution in [2.45, 2.75) is 43.4 Å². The number of likely N-dealkylation sites (tertiary alicyclic amines) is 1. The van der Waals surface area contributed by atoms with Crippen molar-refractivity contribution in [3.8, 4) is 0 Å². The van der Waals surface area contributed by atoms with Gasteiger partial charge in [-0.15, -0.1) is 0 Å². The highest BCUT2D eigenvalue weighted by Gasteiger charge is 2.43. The van der Waals surface area contributed by atoms with Crippen LogP contribution in [-0.4, -0.2) is 70.9 Å². The quantitative estimate of drug-likeness (QED) is 0.724. The van der Waals surface area contributed by atoms with Crippen LogP contribution in [0.1, 0.15) is 60.2 Å². The fourth-order valence-electron chi connectivity index (χ4n) is 4.23. The summed E-state index contributed by atoms with van der Waals surface area (Å²) in [5.74, 6) is 1.48. The van der Waals surface area contributed by atoms with Crippen molar-refractivity contribution in [1.29, 1.82) is 0 Å². The van der Waals surface area contributed by atoms with Crippen LogP contribution < -0.4 is 0 Å². The first-order chi connectivity index (χ1) is 14.2. The van der Waals surface area contributed by atoms with Crippen LogP contribution in [0.2, 0.25) is 0 Å². The van der Waals surface area contributed by atoms with Crippen LogP contribution in [0.15, 0.2) is 23.1 Å². The Morgan fingerprint density at radius 2 is 2.21 bits per heavy atom. The van der Waals surface area contributed by atoms with Gasteiger partial charge in [-0.05, 0) is 32.1 Å². The van der Waals surface area contributed by atoms with Gasteiger partial charge in [0.2, 0.25) is 5.89 Å². The number of carbonyl (C=O) groups excluding carboxylic acids is 1. The Kier molecular flexibility index (Phi) is 6.15. The highest BCUT2D eigenvalue weighted by atomic mass is 16.5. The first-order valence-corrected chi connectivity index (χ1v) is 10.2. The molecule has 2 aromatic rings. The maximum Gasteiger partial charge on any atom is 0.274 e. The fourth-order valence-corrected chi connectivity index (χ4v) is 4.23. The lowest BCUT2D eigenvalue weighted by Gasteiger charge is -2.40. The SMILES string of the molecule is COCCC1(c2noc(C3CCOCC3)n2)CCCN(C(=O)c2cnccn2)C1. The summed E-state index contributed by atoms with van der Waals surface area (Å²) in [6.45, 7) is 3.19. The molecule has 0 aromatic carbocycles. The molecular formula is C20H27N5O4. The molecule has 2 aromatic heterocycles. The second-order valence-corrected chi connectivity index (χ2v) is 7.79. The van der Waals surface area contributed by atoms with Crippen molar-refractivity contribution in [3.05, 3.63) is 36.0 Å². The maximum atomic E-state index is 13.0. The van der Waals surface area contributed by atoms with E-state index < -0.39 is 0 Å². The highest BCUT2D eigenvalue weighted by molar-refractivity contribution is 5.92. The zero-order valence-electron chi connectivity index (χ0n) is 16.7. The Morgan fingerprint density at radius 1 is 1.34 bits per heavy atom. The molecule has 29 heavy (non-hydrogen) atoms. The molecule has 2 fully saturated rings. The second kappa shape index (κ2) is 8.96. The van der Waals surface area contributed by atoms with Gasteiger partial charge in [0.05, 0.1) is 11.6 Å². The first-order valence-electron chi connectivity index (χ1n) is 10.2. The molecule has 2 aliphatic heterocycles. The van der Waals surface area contributed by atoms with Gasteiger partial charge in [-0.1, -0.05) is 5.16 Å². The largest absolute Gasteiger partial charge is 0.385 e. The molecule has 4 rings (SSSR count). The Balaban J connectivity index is 1.57. The van der Waals surface area contributed by atoms with Gasteiger partial charge in [-0.3, -0.25) is 9.78 Å². The van der Waals surface area contributed by atoms with E-state index in [-0.39, 0.29) is 17.2 Å². The standard InChI is InChI=1S/C20H27N5O4/c1-27-12-6-20(19-23-17(29-24-19)15-3-10-28-11-4-15)5-2-9-25(14-20)18(26)16-13-21-7-8-22-16/h7-8,13,15H,2-6,9-12,14H2,1H3. The summed E-state index contributed by atoms with van der Waals surface area (Å²) in [5, 5.41) is 4.36. The van der Waals surface area contributed by atoms with Crippen LogP contribution in [0.4, 0.5) is 0 Å². The van der Waals surface area contributed by atoms with Crippen molar-refractivity contribution in [2.75, 3.05) is 40.0 Å². The second-order valence-electron chi connectivity index (χ2n) is 7.79. The summed E-state index contributed by atoms with van der Waals surface area (Å²) >= 11 is 0. The minimum absolute atomic E-state index is 0.118. The molecule has 0 saturated carbocycles. The number of piperidine rings is 1. The predicted octanol–water partition coefficient (Wildman–Crippen LogP) is 1.96. The van der Waals surface area contributed by atoms with Crippen molar-refractivity contribution < 1.29 is 18.8 Å². The lowest BCUT2D eigenvalue weighted by molar-refractivity contribution is 0.0561. The smallest absolute Gasteiger partial charge is 0.274 e. The molecule has 0 N–H and O–H groups in total. The number of carbonyl (C=O) groups is 1. The van der Waals surface area contributed by atoms with E-state index in [1.165, 1.54) is 12.4 Å². The normalized spacial score (nSPS) is 23.3. The van der Waals surface area contributed by atoms with Gasteiger partial charge in [0.1, 0.15) is 5.69 Å². The Morgan fingerprint density at radius 3 is 2.97 bits per heavy atom. The number of methoxy groups -OCH3 is 1. The molecule has 0 spiro atoms. The summed E-state index contributed by atoms with van der Waals surface area (Å²) in [4.78, 5) is 27.8.